The van der Waals surface area contributed by atoms with E-state index in [0.29, 0.717) is 12.0 Å². The zero-order valence-corrected chi connectivity index (χ0v) is 12.0. The minimum absolute atomic E-state index is 0.0326. The first kappa shape index (κ1) is 15.5. The van der Waals surface area contributed by atoms with Gasteiger partial charge in [0, 0.05) is 18.1 Å². The van der Waals surface area contributed by atoms with Gasteiger partial charge in [0.1, 0.15) is 12.1 Å². The van der Waals surface area contributed by atoms with Crippen LogP contribution in [0.3, 0.4) is 0 Å². The molecule has 2 atom stereocenters. The van der Waals surface area contributed by atoms with E-state index in [1.54, 1.807) is 36.4 Å². The van der Waals surface area contributed by atoms with Crippen LogP contribution in [0.2, 0.25) is 0 Å². The fraction of sp³-hybridized carbons (Fsp3) is 0.188. The summed E-state index contributed by atoms with van der Waals surface area (Å²) in [6.07, 6.45) is 1.12. The Kier molecular flexibility index (Phi) is 5.36. The summed E-state index contributed by atoms with van der Waals surface area (Å²) in [5.41, 5.74) is 2.44. The Bertz CT molecular complexity index is 623. The second-order valence-corrected chi connectivity index (χ2v) is 5.59. The van der Waals surface area contributed by atoms with E-state index in [9.17, 15) is 17.9 Å². The van der Waals surface area contributed by atoms with Crippen LogP contribution in [-0.2, 0) is 21.6 Å². The van der Waals surface area contributed by atoms with Crippen LogP contribution in [0.25, 0.3) is 0 Å². The Morgan fingerprint density at radius 2 is 1.57 bits per heavy atom. The minimum atomic E-state index is -2.12. The van der Waals surface area contributed by atoms with Gasteiger partial charge in [-0.05, 0) is 28.8 Å². The van der Waals surface area contributed by atoms with Crippen molar-refractivity contribution in [2.45, 2.75) is 18.1 Å². The van der Waals surface area contributed by atoms with Gasteiger partial charge in [-0.25, -0.2) is 4.39 Å². The van der Waals surface area contributed by atoms with Crippen molar-refractivity contribution in [2.24, 2.45) is 0 Å². The van der Waals surface area contributed by atoms with Gasteiger partial charge >= 0.3 is 0 Å². The molecule has 2 aromatic carbocycles. The summed E-state index contributed by atoms with van der Waals surface area (Å²) in [7, 11) is 0. The van der Waals surface area contributed by atoms with E-state index in [-0.39, 0.29) is 17.5 Å². The molecule has 110 valence electrons. The Hall–Kier alpha value is -1.85. The molecule has 0 bridgehead atoms. The van der Waals surface area contributed by atoms with Crippen molar-refractivity contribution in [1.29, 1.82) is 0 Å². The molecule has 0 aliphatic rings. The summed E-state index contributed by atoms with van der Waals surface area (Å²) in [4.78, 5) is 10.9. The van der Waals surface area contributed by atoms with Crippen LogP contribution in [0.4, 0.5) is 4.39 Å². The van der Waals surface area contributed by atoms with E-state index in [4.69, 9.17) is 0 Å². The van der Waals surface area contributed by atoms with Crippen LogP contribution >= 0.6 is 0 Å². The quantitative estimate of drug-likeness (QED) is 0.609. The minimum Gasteiger partial charge on any atom is -0.772 e. The van der Waals surface area contributed by atoms with Crippen molar-refractivity contribution in [3.05, 3.63) is 71.0 Å². The van der Waals surface area contributed by atoms with Crippen LogP contribution in [0.5, 0.6) is 0 Å². The monoisotopic (exact) mass is 305 g/mol. The first-order valence-electron chi connectivity index (χ1n) is 6.44. The molecule has 0 radical (unpaired) electrons. The summed E-state index contributed by atoms with van der Waals surface area (Å²) < 4.78 is 34.3. The molecule has 0 spiro atoms. The predicted molar refractivity (Wildman–Crippen MR) is 78.0 cm³/mol. The molecule has 0 N–H and O–H groups in total. The average molecular weight is 305 g/mol. The third-order valence-electron chi connectivity index (χ3n) is 3.27. The standard InChI is InChI=1S/C16H15FO3S/c17-15-7-5-14(6-8-15)16(9-10-18)13-3-1-12(2-4-13)11-21(19)20/h1-8,10,16H,9,11H2,(H,19,20)/p-1/t16-/m0/s1. The Morgan fingerprint density at radius 3 is 2.05 bits per heavy atom. The Labute approximate surface area is 125 Å². The lowest BCUT2D eigenvalue weighted by atomic mass is 9.88. The zero-order valence-electron chi connectivity index (χ0n) is 11.2. The normalized spacial score (nSPS) is 13.6. The maximum Gasteiger partial charge on any atom is 0.123 e. The topological polar surface area (TPSA) is 57.2 Å². The van der Waals surface area contributed by atoms with Crippen molar-refractivity contribution in [1.82, 2.24) is 0 Å². The van der Waals surface area contributed by atoms with Crippen LogP contribution in [0.1, 0.15) is 29.0 Å². The van der Waals surface area contributed by atoms with Gasteiger partial charge in [0.15, 0.2) is 0 Å². The van der Waals surface area contributed by atoms with E-state index in [1.165, 1.54) is 12.1 Å². The second kappa shape index (κ2) is 7.24. The first-order valence-corrected chi connectivity index (χ1v) is 7.68. The van der Waals surface area contributed by atoms with Crippen molar-refractivity contribution in [2.75, 3.05) is 0 Å². The van der Waals surface area contributed by atoms with Gasteiger partial charge in [-0.15, -0.1) is 0 Å². The van der Waals surface area contributed by atoms with Crippen LogP contribution in [0, 0.1) is 5.82 Å². The van der Waals surface area contributed by atoms with Gasteiger partial charge in [0.25, 0.3) is 0 Å². The number of hydrogen-bond donors (Lipinski definition) is 0. The highest BCUT2D eigenvalue weighted by Crippen LogP contribution is 2.27. The summed E-state index contributed by atoms with van der Waals surface area (Å²) in [5.74, 6) is -0.512. The highest BCUT2D eigenvalue weighted by atomic mass is 32.2. The molecule has 5 heteroatoms. The molecule has 0 amide bonds. The summed E-state index contributed by atoms with van der Waals surface area (Å²) >= 11 is -2.12. The molecule has 0 aromatic heterocycles. The Balaban J connectivity index is 2.27. The smallest absolute Gasteiger partial charge is 0.123 e. The molecular weight excluding hydrogens is 291 g/mol. The van der Waals surface area contributed by atoms with Crippen LogP contribution in [-0.4, -0.2) is 15.0 Å². The third-order valence-corrected chi connectivity index (χ3v) is 3.84. The van der Waals surface area contributed by atoms with Gasteiger partial charge < -0.3 is 9.35 Å². The molecule has 2 aromatic rings. The second-order valence-electron chi connectivity index (χ2n) is 4.70. The molecular formula is C16H14FO3S-. The molecule has 21 heavy (non-hydrogen) atoms. The van der Waals surface area contributed by atoms with Gasteiger partial charge in [-0.1, -0.05) is 47.5 Å². The number of aldehydes is 1. The first-order chi connectivity index (χ1) is 10.1. The lowest BCUT2D eigenvalue weighted by Crippen LogP contribution is -2.03. The molecule has 0 heterocycles. The van der Waals surface area contributed by atoms with E-state index in [1.807, 2.05) is 0 Å². The van der Waals surface area contributed by atoms with E-state index in [2.05, 4.69) is 0 Å². The third kappa shape index (κ3) is 4.31. The van der Waals surface area contributed by atoms with Crippen molar-refractivity contribution in [3.63, 3.8) is 0 Å². The van der Waals surface area contributed by atoms with Crippen molar-refractivity contribution in [3.8, 4) is 0 Å². The number of hydrogen-bond acceptors (Lipinski definition) is 3. The zero-order chi connectivity index (χ0) is 15.2. The number of rotatable bonds is 6. The summed E-state index contributed by atoms with van der Waals surface area (Å²) in [6.45, 7) is 0. The number of carbonyl (C=O) groups is 1. The molecule has 2 rings (SSSR count). The molecule has 0 aliphatic heterocycles. The maximum absolute atomic E-state index is 13.0. The molecule has 3 nitrogen and oxygen atoms in total. The Morgan fingerprint density at radius 1 is 1.05 bits per heavy atom. The fourth-order valence-electron chi connectivity index (χ4n) is 2.24. The highest BCUT2D eigenvalue weighted by Gasteiger charge is 2.13. The van der Waals surface area contributed by atoms with Crippen LogP contribution in [0.15, 0.2) is 48.5 Å². The predicted octanol–water partition coefficient (Wildman–Crippen LogP) is 2.93. The fourth-order valence-corrected chi connectivity index (χ4v) is 2.70. The molecule has 0 fully saturated rings. The van der Waals surface area contributed by atoms with Gasteiger partial charge in [-0.3, -0.25) is 4.21 Å². The molecule has 1 unspecified atom stereocenters. The van der Waals surface area contributed by atoms with E-state index >= 15 is 0 Å². The number of carbonyl (C=O) groups excluding carboxylic acids is 1. The summed E-state index contributed by atoms with van der Waals surface area (Å²) in [6, 6.07) is 13.1. The molecule has 0 aliphatic carbocycles. The highest BCUT2D eigenvalue weighted by molar-refractivity contribution is 7.78. The number of benzene rings is 2. The van der Waals surface area contributed by atoms with E-state index in [0.717, 1.165) is 17.4 Å². The largest absolute Gasteiger partial charge is 0.772 e. The van der Waals surface area contributed by atoms with Gasteiger partial charge in [-0.2, -0.15) is 0 Å². The van der Waals surface area contributed by atoms with Gasteiger partial charge in [0.05, 0.1) is 0 Å². The SMILES string of the molecule is O=CC[C@H](c1ccc(F)cc1)c1ccc(CS(=O)[O-])cc1. The van der Waals surface area contributed by atoms with E-state index < -0.39 is 11.1 Å². The van der Waals surface area contributed by atoms with Crippen LogP contribution < -0.4 is 0 Å². The summed E-state index contributed by atoms with van der Waals surface area (Å²) in [5, 5.41) is 0. The van der Waals surface area contributed by atoms with Crippen molar-refractivity contribution >= 4 is 17.4 Å². The lowest BCUT2D eigenvalue weighted by molar-refractivity contribution is -0.108. The number of halogens is 1. The van der Waals surface area contributed by atoms with Gasteiger partial charge in [0.2, 0.25) is 0 Å². The van der Waals surface area contributed by atoms with Crippen molar-refractivity contribution < 1.29 is 17.9 Å². The lowest BCUT2D eigenvalue weighted by Gasteiger charge is -2.16. The molecule has 0 saturated carbocycles. The maximum atomic E-state index is 13.0. The molecule has 0 saturated heterocycles. The average Bonchev–Trinajstić information content (AvgIpc) is 2.46.